The SMILES string of the molecule is [B]c1c([B])c([B])c(-c2c3ccccc3cc3ccccc23)c([B])c1[B]. The standard InChI is InChI=1S/C20H9B5/c21-16-15(17(22)19(24)20(25)18(16)23)14-12-7-3-1-5-10(12)9-11-6-2-4-8-13(11)14/h1-9H. The number of rotatable bonds is 1. The van der Waals surface area contributed by atoms with Crippen LogP contribution in [0.2, 0.25) is 0 Å². The van der Waals surface area contributed by atoms with Crippen LogP contribution in [-0.4, -0.2) is 39.2 Å². The average Bonchev–Trinajstić information content (AvgIpc) is 2.64. The Labute approximate surface area is 154 Å². The first-order chi connectivity index (χ1) is 12.0. The van der Waals surface area contributed by atoms with Gasteiger partial charge in [-0.3, -0.25) is 0 Å². The second kappa shape index (κ2) is 5.91. The summed E-state index contributed by atoms with van der Waals surface area (Å²) >= 11 is 0. The Bertz CT molecular complexity index is 1060. The van der Waals surface area contributed by atoms with E-state index in [1.54, 1.807) is 0 Å². The van der Waals surface area contributed by atoms with Gasteiger partial charge in [-0.1, -0.05) is 59.5 Å². The summed E-state index contributed by atoms with van der Waals surface area (Å²) in [5.74, 6) is 0. The Kier molecular flexibility index (Phi) is 3.83. The lowest BCUT2D eigenvalue weighted by molar-refractivity contribution is 1.75. The Morgan fingerprint density at radius 3 is 1.32 bits per heavy atom. The fourth-order valence-corrected chi connectivity index (χ4v) is 3.40. The molecule has 0 aliphatic heterocycles. The van der Waals surface area contributed by atoms with Crippen LogP contribution >= 0.6 is 0 Å². The molecule has 0 saturated heterocycles. The summed E-state index contributed by atoms with van der Waals surface area (Å²) in [7, 11) is 30.8. The van der Waals surface area contributed by atoms with E-state index in [0.29, 0.717) is 16.5 Å². The number of hydrogen-bond acceptors (Lipinski definition) is 0. The molecule has 0 aliphatic rings. The second-order valence-corrected chi connectivity index (χ2v) is 6.14. The van der Waals surface area contributed by atoms with Crippen molar-refractivity contribution in [3.05, 3.63) is 54.6 Å². The van der Waals surface area contributed by atoms with E-state index < -0.39 is 0 Å². The summed E-state index contributed by atoms with van der Waals surface area (Å²) in [6.45, 7) is 0. The molecular formula is C20H9B5. The number of fused-ring (bicyclic) bond motifs is 2. The van der Waals surface area contributed by atoms with Crippen LogP contribution in [0.5, 0.6) is 0 Å². The lowest BCUT2D eigenvalue weighted by Crippen LogP contribution is -2.55. The van der Waals surface area contributed by atoms with Crippen molar-refractivity contribution in [1.82, 2.24) is 0 Å². The van der Waals surface area contributed by atoms with Crippen LogP contribution < -0.4 is 27.3 Å². The summed E-state index contributed by atoms with van der Waals surface area (Å²) in [4.78, 5) is 0. The molecule has 25 heavy (non-hydrogen) atoms. The van der Waals surface area contributed by atoms with Gasteiger partial charge in [0.1, 0.15) is 39.2 Å². The maximum atomic E-state index is 6.33. The fraction of sp³-hybridized carbons (Fsp3) is 0. The Balaban J connectivity index is 2.28. The summed E-state index contributed by atoms with van der Waals surface area (Å²) < 4.78 is 0. The van der Waals surface area contributed by atoms with Crippen LogP contribution in [0.25, 0.3) is 32.7 Å². The van der Waals surface area contributed by atoms with Crippen LogP contribution in [-0.2, 0) is 0 Å². The van der Waals surface area contributed by atoms with E-state index in [-0.39, 0.29) is 16.4 Å². The van der Waals surface area contributed by atoms with Gasteiger partial charge in [0.25, 0.3) is 0 Å². The minimum Gasteiger partial charge on any atom is -0.112 e. The third kappa shape index (κ3) is 2.37. The lowest BCUT2D eigenvalue weighted by Gasteiger charge is -2.23. The number of hydrogen-bond donors (Lipinski definition) is 0. The van der Waals surface area contributed by atoms with Gasteiger partial charge >= 0.3 is 0 Å². The monoisotopic (exact) mass is 304 g/mol. The van der Waals surface area contributed by atoms with E-state index >= 15 is 0 Å². The lowest BCUT2D eigenvalue weighted by atomic mass is 9.59. The van der Waals surface area contributed by atoms with Gasteiger partial charge in [0, 0.05) is 0 Å². The molecule has 0 heterocycles. The number of benzene rings is 4. The van der Waals surface area contributed by atoms with Gasteiger partial charge in [-0.25, -0.2) is 0 Å². The van der Waals surface area contributed by atoms with Gasteiger partial charge in [-0.15, -0.1) is 16.4 Å². The quantitative estimate of drug-likeness (QED) is 0.332. The van der Waals surface area contributed by atoms with Crippen LogP contribution in [0.3, 0.4) is 0 Å². The summed E-state index contributed by atoms with van der Waals surface area (Å²) in [6.07, 6.45) is 0. The Morgan fingerprint density at radius 2 is 0.840 bits per heavy atom. The first kappa shape index (κ1) is 16.2. The molecule has 0 fully saturated rings. The van der Waals surface area contributed by atoms with E-state index in [9.17, 15) is 0 Å². The molecule has 10 radical (unpaired) electrons. The predicted molar refractivity (Wildman–Crippen MR) is 114 cm³/mol. The van der Waals surface area contributed by atoms with Crippen LogP contribution in [0.15, 0.2) is 54.6 Å². The fourth-order valence-electron chi connectivity index (χ4n) is 3.40. The zero-order chi connectivity index (χ0) is 17.7. The van der Waals surface area contributed by atoms with E-state index in [1.807, 2.05) is 36.4 Å². The third-order valence-corrected chi connectivity index (χ3v) is 4.72. The summed E-state index contributed by atoms with van der Waals surface area (Å²) in [5, 5.41) is 4.24. The van der Waals surface area contributed by atoms with Gasteiger partial charge in [-0.05, 0) is 38.7 Å². The van der Waals surface area contributed by atoms with Gasteiger partial charge in [0.2, 0.25) is 0 Å². The van der Waals surface area contributed by atoms with Crippen molar-refractivity contribution >= 4 is 88.1 Å². The molecule has 0 bridgehead atoms. The highest BCUT2D eigenvalue weighted by Crippen LogP contribution is 2.34. The highest BCUT2D eigenvalue weighted by atomic mass is 14.2. The zero-order valence-electron chi connectivity index (χ0n) is 13.6. The van der Waals surface area contributed by atoms with Crippen molar-refractivity contribution in [1.29, 1.82) is 0 Å². The highest BCUT2D eigenvalue weighted by molar-refractivity contribution is 6.69. The van der Waals surface area contributed by atoms with E-state index in [4.69, 9.17) is 39.2 Å². The minimum absolute atomic E-state index is 0.225. The Hall–Kier alpha value is -2.28. The maximum absolute atomic E-state index is 6.33. The average molecular weight is 303 g/mol. The smallest absolute Gasteiger partial charge is 0.112 e. The molecular weight excluding hydrogens is 294 g/mol. The summed E-state index contributed by atoms with van der Waals surface area (Å²) in [6, 6.07) is 18.3. The second-order valence-electron chi connectivity index (χ2n) is 6.14. The van der Waals surface area contributed by atoms with Crippen molar-refractivity contribution in [3.8, 4) is 11.1 Å². The molecule has 4 aromatic carbocycles. The molecule has 0 saturated carbocycles. The van der Waals surface area contributed by atoms with Crippen molar-refractivity contribution in [3.63, 3.8) is 0 Å². The van der Waals surface area contributed by atoms with E-state index in [1.165, 1.54) is 0 Å². The maximum Gasteiger partial charge on any atom is 0.113 e. The normalized spacial score (nSPS) is 11.2. The minimum atomic E-state index is 0.225. The molecule has 0 N–H and O–H groups in total. The van der Waals surface area contributed by atoms with Crippen LogP contribution in [0.4, 0.5) is 0 Å². The van der Waals surface area contributed by atoms with Gasteiger partial charge < -0.3 is 0 Å². The Morgan fingerprint density at radius 1 is 0.440 bits per heavy atom. The summed E-state index contributed by atoms with van der Waals surface area (Å²) in [5.41, 5.74) is 3.01. The van der Waals surface area contributed by atoms with Gasteiger partial charge in [-0.2, -0.15) is 0 Å². The zero-order valence-corrected chi connectivity index (χ0v) is 13.6. The van der Waals surface area contributed by atoms with Gasteiger partial charge in [0.05, 0.1) is 0 Å². The molecule has 104 valence electrons. The van der Waals surface area contributed by atoms with Crippen molar-refractivity contribution < 1.29 is 0 Å². The molecule has 0 aromatic heterocycles. The predicted octanol–water partition coefficient (Wildman–Crippen LogP) is -0.371. The molecule has 4 aromatic rings. The first-order valence-corrected chi connectivity index (χ1v) is 7.93. The van der Waals surface area contributed by atoms with Crippen LogP contribution in [0.1, 0.15) is 0 Å². The third-order valence-electron chi connectivity index (χ3n) is 4.72. The highest BCUT2D eigenvalue weighted by Gasteiger charge is 2.16. The largest absolute Gasteiger partial charge is 0.113 e. The van der Waals surface area contributed by atoms with E-state index in [0.717, 1.165) is 27.1 Å². The van der Waals surface area contributed by atoms with Crippen molar-refractivity contribution in [2.75, 3.05) is 0 Å². The van der Waals surface area contributed by atoms with Gasteiger partial charge in [0.15, 0.2) is 0 Å². The van der Waals surface area contributed by atoms with Crippen LogP contribution in [0, 0.1) is 0 Å². The molecule has 0 spiro atoms. The molecule has 0 unspecified atom stereocenters. The topological polar surface area (TPSA) is 0 Å². The van der Waals surface area contributed by atoms with Crippen molar-refractivity contribution in [2.45, 2.75) is 0 Å². The van der Waals surface area contributed by atoms with E-state index in [2.05, 4.69) is 18.2 Å². The molecule has 0 aliphatic carbocycles. The molecule has 0 nitrogen and oxygen atoms in total. The van der Waals surface area contributed by atoms with Crippen molar-refractivity contribution in [2.24, 2.45) is 0 Å². The molecule has 0 amide bonds. The first-order valence-electron chi connectivity index (χ1n) is 7.93. The molecule has 5 heteroatoms. The molecule has 4 rings (SSSR count). The molecule has 0 atom stereocenters.